The van der Waals surface area contributed by atoms with Crippen LogP contribution in [0.5, 0.6) is 0 Å². The van der Waals surface area contributed by atoms with E-state index in [2.05, 4.69) is 0 Å². The van der Waals surface area contributed by atoms with Gasteiger partial charge in [-0.05, 0) is 30.7 Å². The summed E-state index contributed by atoms with van der Waals surface area (Å²) in [6, 6.07) is 10.2. The van der Waals surface area contributed by atoms with Crippen molar-refractivity contribution < 1.29 is 4.92 Å². The van der Waals surface area contributed by atoms with E-state index in [9.17, 15) is 19.7 Å². The molecule has 0 fully saturated rings. The minimum Gasteiger partial charge on any atom is -0.296 e. The van der Waals surface area contributed by atoms with E-state index in [-0.39, 0.29) is 16.6 Å². The largest absolute Gasteiger partial charge is 0.331 e. The van der Waals surface area contributed by atoms with Crippen LogP contribution in [0.3, 0.4) is 0 Å². The summed E-state index contributed by atoms with van der Waals surface area (Å²) in [6.45, 7) is 1.74. The van der Waals surface area contributed by atoms with Gasteiger partial charge >= 0.3 is 5.69 Å². The summed E-state index contributed by atoms with van der Waals surface area (Å²) < 4.78 is 2.38. The molecule has 0 aliphatic heterocycles. The second-order valence-corrected chi connectivity index (χ2v) is 6.14. The molecule has 25 heavy (non-hydrogen) atoms. The van der Waals surface area contributed by atoms with Crippen LogP contribution in [0, 0.1) is 10.1 Å². The highest BCUT2D eigenvalue weighted by atomic mass is 35.5. The number of hydrogen-bond acceptors (Lipinski definition) is 4. The van der Waals surface area contributed by atoms with Gasteiger partial charge in [-0.3, -0.25) is 24.0 Å². The van der Waals surface area contributed by atoms with Crippen LogP contribution in [0.1, 0.15) is 18.5 Å². The Morgan fingerprint density at radius 1 is 1.12 bits per heavy atom. The molecular weight excluding hydrogens is 346 g/mol. The van der Waals surface area contributed by atoms with Gasteiger partial charge in [0.1, 0.15) is 0 Å². The van der Waals surface area contributed by atoms with Crippen LogP contribution in [-0.4, -0.2) is 14.1 Å². The lowest BCUT2D eigenvalue weighted by atomic mass is 10.1. The lowest BCUT2D eigenvalue weighted by molar-refractivity contribution is -0.384. The van der Waals surface area contributed by atoms with Gasteiger partial charge < -0.3 is 0 Å². The van der Waals surface area contributed by atoms with E-state index in [0.717, 1.165) is 10.1 Å². The van der Waals surface area contributed by atoms with E-state index in [0.29, 0.717) is 5.02 Å². The van der Waals surface area contributed by atoms with E-state index in [1.165, 1.54) is 29.8 Å². The molecule has 0 unspecified atom stereocenters. The summed E-state index contributed by atoms with van der Waals surface area (Å²) in [4.78, 5) is 35.9. The lowest BCUT2D eigenvalue weighted by Crippen LogP contribution is -2.41. The van der Waals surface area contributed by atoms with Gasteiger partial charge in [-0.2, -0.15) is 0 Å². The number of hydrogen-bond donors (Lipinski definition) is 0. The first-order chi connectivity index (χ1) is 11.8. The maximum Gasteiger partial charge on any atom is 0.331 e. The van der Waals surface area contributed by atoms with E-state index in [4.69, 9.17) is 11.6 Å². The number of halogens is 1. The Kier molecular flexibility index (Phi) is 4.18. The van der Waals surface area contributed by atoms with Gasteiger partial charge in [0, 0.05) is 24.2 Å². The number of nitro groups is 1. The van der Waals surface area contributed by atoms with E-state index < -0.39 is 22.2 Å². The van der Waals surface area contributed by atoms with Crippen LogP contribution in [0.25, 0.3) is 10.9 Å². The highest BCUT2D eigenvalue weighted by molar-refractivity contribution is 6.30. The Balaban J connectivity index is 2.28. The molecule has 0 saturated carbocycles. The highest BCUT2D eigenvalue weighted by Crippen LogP contribution is 2.20. The topological polar surface area (TPSA) is 87.1 Å². The van der Waals surface area contributed by atoms with E-state index in [1.54, 1.807) is 31.2 Å². The van der Waals surface area contributed by atoms with Gasteiger partial charge in [0.25, 0.3) is 11.2 Å². The van der Waals surface area contributed by atoms with Gasteiger partial charge in [-0.15, -0.1) is 0 Å². The average molecular weight is 360 g/mol. The average Bonchev–Trinajstić information content (AvgIpc) is 2.60. The molecule has 0 radical (unpaired) electrons. The Bertz CT molecular complexity index is 1100. The fourth-order valence-corrected chi connectivity index (χ4v) is 2.93. The SMILES string of the molecule is C[C@H](c1ccc(Cl)cc1)n1c(=O)c2ccc([N+](=O)[O-])cc2n(C)c1=O. The Morgan fingerprint density at radius 2 is 1.76 bits per heavy atom. The summed E-state index contributed by atoms with van der Waals surface area (Å²) in [6.07, 6.45) is 0. The van der Waals surface area contributed by atoms with Crippen molar-refractivity contribution in [1.82, 2.24) is 9.13 Å². The number of aromatic nitrogens is 2. The predicted molar refractivity (Wildman–Crippen MR) is 95.4 cm³/mol. The number of aryl methyl sites for hydroxylation is 1. The third-order valence-electron chi connectivity index (χ3n) is 4.24. The Morgan fingerprint density at radius 3 is 2.36 bits per heavy atom. The summed E-state index contributed by atoms with van der Waals surface area (Å²) in [5, 5.41) is 11.7. The van der Waals surface area contributed by atoms with Crippen molar-refractivity contribution in [3.8, 4) is 0 Å². The molecule has 128 valence electrons. The molecule has 7 nitrogen and oxygen atoms in total. The fraction of sp³-hybridized carbons (Fsp3) is 0.176. The first-order valence-corrected chi connectivity index (χ1v) is 7.84. The molecule has 0 saturated heterocycles. The Hall–Kier alpha value is -2.93. The molecule has 1 aromatic heterocycles. The van der Waals surface area contributed by atoms with E-state index in [1.807, 2.05) is 0 Å². The molecule has 8 heteroatoms. The molecule has 0 bridgehead atoms. The second-order valence-electron chi connectivity index (χ2n) is 5.70. The molecule has 2 aromatic carbocycles. The maximum atomic E-state index is 12.8. The standard InChI is InChI=1S/C17H14ClN3O4/c1-10(11-3-5-12(18)6-4-11)20-16(22)14-8-7-13(21(24)25)9-15(14)19(2)17(20)23/h3-10H,1-2H3/t10-/m1/s1. The molecule has 3 rings (SSSR count). The number of non-ortho nitro benzene ring substituents is 1. The molecule has 0 spiro atoms. The van der Waals surface area contributed by atoms with Crippen molar-refractivity contribution >= 4 is 28.2 Å². The van der Waals surface area contributed by atoms with Crippen molar-refractivity contribution in [2.24, 2.45) is 7.05 Å². The second kappa shape index (κ2) is 6.18. The van der Waals surface area contributed by atoms with Crippen molar-refractivity contribution in [3.05, 3.63) is 84.0 Å². The van der Waals surface area contributed by atoms with Gasteiger partial charge in [-0.25, -0.2) is 4.79 Å². The van der Waals surface area contributed by atoms with Crippen LogP contribution in [-0.2, 0) is 7.05 Å². The van der Waals surface area contributed by atoms with Crippen LogP contribution >= 0.6 is 11.6 Å². The van der Waals surface area contributed by atoms with Gasteiger partial charge in [-0.1, -0.05) is 23.7 Å². The normalized spacial score (nSPS) is 12.3. The molecule has 1 heterocycles. The summed E-state index contributed by atoms with van der Waals surface area (Å²) in [5.41, 5.74) is -0.227. The quantitative estimate of drug-likeness (QED) is 0.531. The minimum atomic E-state index is -0.564. The molecule has 0 aliphatic carbocycles. The maximum absolute atomic E-state index is 12.8. The van der Waals surface area contributed by atoms with Crippen molar-refractivity contribution in [2.75, 3.05) is 0 Å². The third kappa shape index (κ3) is 2.83. The number of benzene rings is 2. The molecule has 3 aromatic rings. The number of nitro benzene ring substituents is 1. The van der Waals surface area contributed by atoms with Crippen LogP contribution in [0.15, 0.2) is 52.1 Å². The first kappa shape index (κ1) is 16.9. The number of rotatable bonds is 3. The zero-order valence-electron chi connectivity index (χ0n) is 13.5. The van der Waals surface area contributed by atoms with Gasteiger partial charge in [0.15, 0.2) is 0 Å². The summed E-state index contributed by atoms with van der Waals surface area (Å²) >= 11 is 5.88. The number of fused-ring (bicyclic) bond motifs is 1. The summed E-state index contributed by atoms with van der Waals surface area (Å²) in [5.74, 6) is 0. The lowest BCUT2D eigenvalue weighted by Gasteiger charge is -2.17. The number of nitrogens with zero attached hydrogens (tertiary/aromatic N) is 3. The minimum absolute atomic E-state index is 0.176. The fourth-order valence-electron chi connectivity index (χ4n) is 2.81. The van der Waals surface area contributed by atoms with Crippen molar-refractivity contribution in [1.29, 1.82) is 0 Å². The smallest absolute Gasteiger partial charge is 0.296 e. The molecule has 0 aliphatic rings. The zero-order valence-corrected chi connectivity index (χ0v) is 14.2. The zero-order chi connectivity index (χ0) is 18.3. The van der Waals surface area contributed by atoms with Gasteiger partial charge in [0.05, 0.1) is 21.9 Å². The molecular formula is C17H14ClN3O4. The van der Waals surface area contributed by atoms with Crippen molar-refractivity contribution in [3.63, 3.8) is 0 Å². The monoisotopic (exact) mass is 359 g/mol. The van der Waals surface area contributed by atoms with E-state index >= 15 is 0 Å². The van der Waals surface area contributed by atoms with Crippen LogP contribution in [0.2, 0.25) is 5.02 Å². The van der Waals surface area contributed by atoms with Crippen LogP contribution in [0.4, 0.5) is 5.69 Å². The highest BCUT2D eigenvalue weighted by Gasteiger charge is 2.19. The first-order valence-electron chi connectivity index (χ1n) is 7.46. The Labute approximate surface area is 146 Å². The van der Waals surface area contributed by atoms with Crippen molar-refractivity contribution in [2.45, 2.75) is 13.0 Å². The third-order valence-corrected chi connectivity index (χ3v) is 4.49. The molecule has 1 atom stereocenters. The summed E-state index contributed by atoms with van der Waals surface area (Å²) in [7, 11) is 1.49. The van der Waals surface area contributed by atoms with Crippen LogP contribution < -0.4 is 11.2 Å². The predicted octanol–water partition coefficient (Wildman–Crippen LogP) is 2.87. The van der Waals surface area contributed by atoms with Gasteiger partial charge in [0.2, 0.25) is 0 Å². The molecule has 0 amide bonds. The molecule has 0 N–H and O–H groups in total.